The molecular formula is C104H150N16O6S4. The lowest BCUT2D eigenvalue weighted by Gasteiger charge is -2.37. The lowest BCUT2D eigenvalue weighted by atomic mass is 9.90. The van der Waals surface area contributed by atoms with Crippen LogP contribution < -0.4 is 34.3 Å². The number of benzene rings is 2. The van der Waals surface area contributed by atoms with E-state index in [9.17, 15) is 0 Å². The van der Waals surface area contributed by atoms with Gasteiger partial charge in [0, 0.05) is 205 Å². The molecule has 22 nitrogen and oxygen atoms in total. The van der Waals surface area contributed by atoms with Gasteiger partial charge >= 0.3 is 0 Å². The van der Waals surface area contributed by atoms with Crippen molar-refractivity contribution in [3.8, 4) is 0 Å². The molecule has 0 N–H and O–H groups in total. The number of rotatable bonds is 20. The van der Waals surface area contributed by atoms with Gasteiger partial charge in [-0.25, -0.2) is 19.9 Å². The summed E-state index contributed by atoms with van der Waals surface area (Å²) in [5.41, 5.74) is 17.6. The summed E-state index contributed by atoms with van der Waals surface area (Å²) in [6.45, 7) is 45.5. The molecule has 706 valence electrons. The van der Waals surface area contributed by atoms with Gasteiger partial charge < -0.3 is 66.6 Å². The number of fused-ring (bicyclic) bond motifs is 1. The topological polar surface area (TPSA) is 194 Å². The van der Waals surface area contributed by atoms with E-state index in [-0.39, 0.29) is 0 Å². The molecule has 14 heterocycles. The van der Waals surface area contributed by atoms with Crippen LogP contribution in [0, 0.1) is 104 Å². The van der Waals surface area contributed by atoms with Crippen LogP contribution in [0.5, 0.6) is 0 Å². The van der Waals surface area contributed by atoms with Crippen LogP contribution in [0.15, 0.2) is 216 Å². The molecule has 0 aliphatic carbocycles. The molecule has 14 aromatic rings. The van der Waals surface area contributed by atoms with Crippen molar-refractivity contribution < 1.29 is 27.8 Å². The third-order valence-electron chi connectivity index (χ3n) is 19.9. The number of hydrogen-bond acceptors (Lipinski definition) is 25. The Bertz CT molecular complexity index is 4970. The normalized spacial score (nSPS) is 10.8. The molecule has 0 saturated heterocycles. The van der Waals surface area contributed by atoms with Gasteiger partial charge in [0.1, 0.15) is 28.2 Å². The van der Waals surface area contributed by atoms with Gasteiger partial charge in [-0.05, 0) is 274 Å². The number of thiophene rings is 2. The maximum absolute atomic E-state index is 5.55. The van der Waals surface area contributed by atoms with Crippen LogP contribution in [0.4, 0.5) is 38.8 Å². The summed E-state index contributed by atoms with van der Waals surface area (Å²) in [5.74, 6) is 4.93. The maximum Gasteiger partial charge on any atom is 0.195 e. The minimum atomic E-state index is 0.684. The molecule has 0 fully saturated rings. The fourth-order valence-corrected chi connectivity index (χ4v) is 15.0. The van der Waals surface area contributed by atoms with E-state index in [2.05, 4.69) is 209 Å². The summed E-state index contributed by atoms with van der Waals surface area (Å²) in [6, 6.07) is 51.3. The number of thiazole rings is 2. The van der Waals surface area contributed by atoms with Crippen LogP contribution in [0.1, 0.15) is 120 Å². The van der Waals surface area contributed by atoms with Crippen LogP contribution in [0.3, 0.4) is 0 Å². The number of aryl methyl sites for hydroxylation is 17. The first-order valence-electron chi connectivity index (χ1n) is 44.3. The number of hydrogen-bond donors (Lipinski definition) is 0. The zero-order chi connectivity index (χ0) is 95.7. The second-order valence-electron chi connectivity index (χ2n) is 31.4. The number of nitrogens with zero attached hydrogens (tertiary/aromatic N) is 16. The van der Waals surface area contributed by atoms with Crippen LogP contribution >= 0.6 is 45.3 Å². The summed E-state index contributed by atoms with van der Waals surface area (Å²) < 4.78 is 34.0. The first-order valence-corrected chi connectivity index (χ1v) is 47.6. The summed E-state index contributed by atoms with van der Waals surface area (Å²) >= 11 is 7.05. The molecule has 2 aromatic carbocycles. The molecule has 0 bridgehead atoms. The predicted molar refractivity (Wildman–Crippen MR) is 557 cm³/mol. The minimum absolute atomic E-state index is 0.684. The number of furan rings is 2. The summed E-state index contributed by atoms with van der Waals surface area (Å²) in [6.07, 6.45) is 19.8. The zero-order valence-corrected chi connectivity index (χ0v) is 86.4. The van der Waals surface area contributed by atoms with Crippen LogP contribution in [-0.4, -0.2) is 194 Å². The van der Waals surface area contributed by atoms with E-state index in [1.807, 2.05) is 230 Å². The third-order valence-corrected chi connectivity index (χ3v) is 23.9. The second-order valence-corrected chi connectivity index (χ2v) is 36.3. The lowest BCUT2D eigenvalue weighted by Crippen LogP contribution is -2.34. The Labute approximate surface area is 795 Å². The van der Waals surface area contributed by atoms with Crippen molar-refractivity contribution in [2.75, 3.05) is 184 Å². The van der Waals surface area contributed by atoms with Crippen molar-refractivity contribution in [3.63, 3.8) is 0 Å². The number of ether oxygens (including phenoxy) is 4. The zero-order valence-electron chi connectivity index (χ0n) is 83.2. The number of anilines is 7. The molecule has 16 rings (SSSR count). The summed E-state index contributed by atoms with van der Waals surface area (Å²) in [7, 11) is 21.0. The van der Waals surface area contributed by atoms with Gasteiger partial charge in [0.2, 0.25) is 0 Å². The molecule has 0 unspecified atom stereocenters. The van der Waals surface area contributed by atoms with Crippen molar-refractivity contribution >= 4 is 94.3 Å². The first-order chi connectivity index (χ1) is 62.3. The largest absolute Gasteiger partial charge is 0.470 e. The Morgan fingerprint density at radius 3 is 1.39 bits per heavy atom. The summed E-state index contributed by atoms with van der Waals surface area (Å²) in [4.78, 5) is 51.5. The van der Waals surface area contributed by atoms with Gasteiger partial charge in [-0.1, -0.05) is 48.0 Å². The maximum atomic E-state index is 5.55. The SMILES string of the molecule is CCN(CC)c1ccc(C)c(C)n1.COCCN(CCOC)c1ccc(C)nc1.COCCN(CCOC)c1ccc(C)o1.Cc1cc2c3c(c1)CCCN3CCC2.Cc1ccc(N(C)C)cn1.Cc1ccc(N(C)C)s1.Cc1ccccn1.Cc1ccco1.Cc1cccs1.Cc1ccncc1.Cc1cnc(C)n1C.Cc1nc2ccccc2s1.Cc1ncc(N(C)C)s1. The van der Waals surface area contributed by atoms with Crippen LogP contribution in [0.25, 0.3) is 10.2 Å². The quantitative estimate of drug-likeness (QED) is 0.0698. The Hall–Kier alpha value is -10.7. The third kappa shape index (κ3) is 45.2. The highest BCUT2D eigenvalue weighted by Crippen LogP contribution is 2.36. The second kappa shape index (κ2) is 64.2. The average molecular weight is 1850 g/mol. The van der Waals surface area contributed by atoms with Crippen molar-refractivity contribution in [1.82, 2.24) is 44.4 Å². The van der Waals surface area contributed by atoms with E-state index in [1.54, 1.807) is 104 Å². The smallest absolute Gasteiger partial charge is 0.195 e. The monoisotopic (exact) mass is 1850 g/mol. The predicted octanol–water partition coefficient (Wildman–Crippen LogP) is 23.6. The van der Waals surface area contributed by atoms with E-state index < -0.39 is 0 Å². The van der Waals surface area contributed by atoms with E-state index in [4.69, 9.17) is 27.8 Å². The average Bonchev–Trinajstić information content (AvgIpc) is 1.14. The van der Waals surface area contributed by atoms with Crippen molar-refractivity contribution in [3.05, 3.63) is 300 Å². The van der Waals surface area contributed by atoms with E-state index >= 15 is 0 Å². The molecule has 0 radical (unpaired) electrons. The molecule has 0 amide bonds. The molecule has 0 saturated carbocycles. The van der Waals surface area contributed by atoms with Crippen molar-refractivity contribution in [1.29, 1.82) is 0 Å². The van der Waals surface area contributed by atoms with Gasteiger partial charge in [-0.3, -0.25) is 19.9 Å². The molecule has 12 aromatic heterocycles. The molecule has 2 aliphatic rings. The number of para-hydroxylation sites is 1. The molecule has 130 heavy (non-hydrogen) atoms. The van der Waals surface area contributed by atoms with Gasteiger partial charge in [0.25, 0.3) is 0 Å². The van der Waals surface area contributed by atoms with Gasteiger partial charge in [-0.2, -0.15) is 0 Å². The van der Waals surface area contributed by atoms with Crippen molar-refractivity contribution in [2.45, 2.75) is 143 Å². The highest BCUT2D eigenvalue weighted by Gasteiger charge is 2.24. The molecule has 0 atom stereocenters. The fourth-order valence-electron chi connectivity index (χ4n) is 12.2. The number of pyridine rings is 5. The summed E-state index contributed by atoms with van der Waals surface area (Å²) in [5, 5.41) is 6.88. The van der Waals surface area contributed by atoms with Gasteiger partial charge in [0.05, 0.1) is 87.9 Å². The Morgan fingerprint density at radius 1 is 0.446 bits per heavy atom. The lowest BCUT2D eigenvalue weighted by molar-refractivity contribution is 0.188. The molecule has 2 aliphatic heterocycles. The highest BCUT2D eigenvalue weighted by atomic mass is 32.1. The number of imidazole rings is 1. The first kappa shape index (κ1) is 112. The molecule has 26 heteroatoms. The van der Waals surface area contributed by atoms with Crippen LogP contribution in [0.2, 0.25) is 0 Å². The molecular weight excluding hydrogens is 1700 g/mol. The van der Waals surface area contributed by atoms with Gasteiger partial charge in [-0.15, -0.1) is 45.3 Å². The molecule has 0 spiro atoms. The minimum Gasteiger partial charge on any atom is -0.470 e. The Balaban J connectivity index is 0.000000298. The van der Waals surface area contributed by atoms with Crippen molar-refractivity contribution in [2.24, 2.45) is 7.05 Å². The highest BCUT2D eigenvalue weighted by molar-refractivity contribution is 7.18. The van der Waals surface area contributed by atoms with E-state index in [0.717, 1.165) is 118 Å². The standard InChI is InChI=1S/C13H17N.C12H20N2O2.C11H18N2.C11H19NO3.C8H12N2.C8H7NS.C7H11NS.C6H10N2S.C6H10N2.2C6H7N.C5H6O.C5H6S/c1-10-8-11-4-2-6-14-7-3-5-12(9-10)13(11)14;1-11-4-5-12(10-13-11)14(6-8-15-2)7-9-16-3;1-5-13(6-2)11-8-7-9(3)10(4)12-11;1-10-4-5-11(15-10)12(6-8-13-2)7-9-14-3;1-7-4-5-8(6-9-7)10(2)3;1-6-9-7-4-2-3-5-8(7)10-6;1-6-4-5-7(9-6)8(2)3;1-5-7-4-6(9-5)8(2)3;1-5-4-7-6(2)8(5)3;1-6-2-4-7-5-3-6;1-6-4-2-3-5-7-6;2*1-5-3-2-4-6-5/h8-9H,2-7H2,1H3;4-5,10H,6-9H2,1-3H3;7-8H,5-6H2,1-4H3;4-5H,6-9H2,1-3H3;4-6H,1-3H3;2-5H,1H3;4-5H,1-3H3;4H,1-3H3;4H,1-3H3;2*2-5H,1H3;2*2-4H,1H3. The fraction of sp³-hybridized carbons (Fsp3) is 0.423. The Kier molecular flexibility index (Phi) is 55.1. The van der Waals surface area contributed by atoms with Gasteiger partial charge in [0.15, 0.2) is 5.88 Å². The number of methoxy groups -OCH3 is 4. The Morgan fingerprint density at radius 2 is 1.03 bits per heavy atom. The van der Waals surface area contributed by atoms with E-state index in [1.165, 1.54) is 85.6 Å². The van der Waals surface area contributed by atoms with Crippen LogP contribution in [-0.2, 0) is 38.8 Å². The number of aromatic nitrogens is 9. The van der Waals surface area contributed by atoms with E-state index in [0.29, 0.717) is 26.4 Å².